The summed E-state index contributed by atoms with van der Waals surface area (Å²) in [6.45, 7) is 2.28. The Bertz CT molecular complexity index is 551. The molecule has 2 rings (SSSR count). The summed E-state index contributed by atoms with van der Waals surface area (Å²) in [4.78, 5) is 16.0. The fourth-order valence-corrected chi connectivity index (χ4v) is 1.95. The van der Waals surface area contributed by atoms with Gasteiger partial charge in [0, 0.05) is 19.4 Å². The van der Waals surface area contributed by atoms with Crippen molar-refractivity contribution in [3.8, 4) is 5.75 Å². The Hall–Kier alpha value is -2.30. The van der Waals surface area contributed by atoms with Crippen LogP contribution in [0.25, 0.3) is 0 Å². The van der Waals surface area contributed by atoms with Crippen LogP contribution < -0.4 is 10.1 Å². The summed E-state index contributed by atoms with van der Waals surface area (Å²) in [5.41, 5.74) is 0. The summed E-state index contributed by atoms with van der Waals surface area (Å²) < 4.78 is 7.39. The molecule has 2 aromatic rings. The number of benzene rings is 1. The molecule has 1 aromatic carbocycles. The van der Waals surface area contributed by atoms with Crippen LogP contribution in [0.3, 0.4) is 0 Å². The molecule has 5 nitrogen and oxygen atoms in total. The van der Waals surface area contributed by atoms with E-state index >= 15 is 0 Å². The zero-order valence-corrected chi connectivity index (χ0v) is 11.7. The van der Waals surface area contributed by atoms with Crippen molar-refractivity contribution in [2.45, 2.75) is 19.4 Å². The van der Waals surface area contributed by atoms with E-state index in [4.69, 9.17) is 4.74 Å². The van der Waals surface area contributed by atoms with Gasteiger partial charge in [0.15, 0.2) is 0 Å². The number of nitrogens with one attached hydrogen (secondary N) is 1. The molecule has 0 spiro atoms. The first-order chi connectivity index (χ1) is 9.66. The molecule has 1 aromatic heterocycles. The summed E-state index contributed by atoms with van der Waals surface area (Å²) in [6.07, 6.45) is 3.90. The Morgan fingerprint density at radius 2 is 2.15 bits per heavy atom. The van der Waals surface area contributed by atoms with E-state index in [1.165, 1.54) is 0 Å². The van der Waals surface area contributed by atoms with Gasteiger partial charge in [-0.1, -0.05) is 18.2 Å². The van der Waals surface area contributed by atoms with Crippen molar-refractivity contribution in [3.63, 3.8) is 0 Å². The third-order valence-electron chi connectivity index (χ3n) is 2.96. The van der Waals surface area contributed by atoms with Crippen LogP contribution in [0, 0.1) is 0 Å². The summed E-state index contributed by atoms with van der Waals surface area (Å²) in [7, 11) is 1.91. The summed E-state index contributed by atoms with van der Waals surface area (Å²) in [5, 5.41) is 2.91. The van der Waals surface area contributed by atoms with Gasteiger partial charge in [-0.15, -0.1) is 0 Å². The Morgan fingerprint density at radius 3 is 2.80 bits per heavy atom. The Kier molecular flexibility index (Phi) is 4.76. The lowest BCUT2D eigenvalue weighted by Crippen LogP contribution is -2.29. The molecule has 0 radical (unpaired) electrons. The van der Waals surface area contributed by atoms with Crippen molar-refractivity contribution < 1.29 is 9.53 Å². The summed E-state index contributed by atoms with van der Waals surface area (Å²) in [6, 6.07) is 9.35. The lowest BCUT2D eigenvalue weighted by molar-refractivity contribution is -0.122. The molecule has 0 aliphatic carbocycles. The van der Waals surface area contributed by atoms with Gasteiger partial charge in [0.2, 0.25) is 5.91 Å². The van der Waals surface area contributed by atoms with Crippen LogP contribution in [-0.4, -0.2) is 22.1 Å². The molecule has 1 N–H and O–H groups in total. The van der Waals surface area contributed by atoms with E-state index in [-0.39, 0.29) is 11.9 Å². The lowest BCUT2D eigenvalue weighted by Gasteiger charge is -2.14. The van der Waals surface area contributed by atoms with Crippen LogP contribution >= 0.6 is 0 Å². The zero-order valence-electron chi connectivity index (χ0n) is 11.7. The topological polar surface area (TPSA) is 56.1 Å². The fourth-order valence-electron chi connectivity index (χ4n) is 1.95. The smallest absolute Gasteiger partial charge is 0.224 e. The van der Waals surface area contributed by atoms with Crippen LogP contribution in [0.4, 0.5) is 0 Å². The van der Waals surface area contributed by atoms with Gasteiger partial charge in [0.05, 0.1) is 19.1 Å². The maximum absolute atomic E-state index is 11.8. The van der Waals surface area contributed by atoms with E-state index in [0.717, 1.165) is 11.6 Å². The zero-order chi connectivity index (χ0) is 14.4. The molecular weight excluding hydrogens is 254 g/mol. The van der Waals surface area contributed by atoms with Crippen molar-refractivity contribution in [2.24, 2.45) is 7.05 Å². The maximum atomic E-state index is 11.8. The van der Waals surface area contributed by atoms with E-state index in [0.29, 0.717) is 13.0 Å². The highest BCUT2D eigenvalue weighted by molar-refractivity contribution is 5.76. The lowest BCUT2D eigenvalue weighted by atomic mass is 10.3. The molecule has 1 heterocycles. The second-order valence-electron chi connectivity index (χ2n) is 4.60. The molecule has 1 atom stereocenters. The van der Waals surface area contributed by atoms with E-state index in [2.05, 4.69) is 10.3 Å². The molecule has 0 saturated heterocycles. The predicted octanol–water partition coefficient (Wildman–Crippen LogP) is 2.07. The molecule has 106 valence electrons. The quantitative estimate of drug-likeness (QED) is 0.876. The number of aromatic nitrogens is 2. The number of carbonyl (C=O) groups is 1. The number of hydrogen-bond acceptors (Lipinski definition) is 3. The molecule has 1 unspecified atom stereocenters. The number of rotatable bonds is 6. The molecule has 20 heavy (non-hydrogen) atoms. The fraction of sp³-hybridized carbons (Fsp3) is 0.333. The molecular formula is C15H19N3O2. The van der Waals surface area contributed by atoms with Crippen molar-refractivity contribution in [3.05, 3.63) is 48.5 Å². The minimum Gasteiger partial charge on any atom is -0.493 e. The van der Waals surface area contributed by atoms with Crippen molar-refractivity contribution in [2.75, 3.05) is 6.61 Å². The predicted molar refractivity (Wildman–Crippen MR) is 76.3 cm³/mol. The Balaban J connectivity index is 1.74. The van der Waals surface area contributed by atoms with Crippen LogP contribution in [0.5, 0.6) is 5.75 Å². The number of hydrogen-bond donors (Lipinski definition) is 1. The van der Waals surface area contributed by atoms with Crippen molar-refractivity contribution in [1.29, 1.82) is 0 Å². The van der Waals surface area contributed by atoms with Crippen molar-refractivity contribution >= 4 is 5.91 Å². The summed E-state index contributed by atoms with van der Waals surface area (Å²) in [5.74, 6) is 1.57. The maximum Gasteiger partial charge on any atom is 0.224 e. The van der Waals surface area contributed by atoms with Gasteiger partial charge < -0.3 is 14.6 Å². The molecule has 0 bridgehead atoms. The first-order valence-corrected chi connectivity index (χ1v) is 6.61. The first kappa shape index (κ1) is 14.1. The minimum absolute atomic E-state index is 0.0450. The van der Waals surface area contributed by atoms with Crippen LogP contribution in [0.1, 0.15) is 25.2 Å². The third-order valence-corrected chi connectivity index (χ3v) is 2.96. The van der Waals surface area contributed by atoms with Crippen molar-refractivity contribution in [1.82, 2.24) is 14.9 Å². The van der Waals surface area contributed by atoms with Crippen LogP contribution in [0.15, 0.2) is 42.7 Å². The second-order valence-corrected chi connectivity index (χ2v) is 4.60. The highest BCUT2D eigenvalue weighted by atomic mass is 16.5. The van der Waals surface area contributed by atoms with Crippen LogP contribution in [-0.2, 0) is 11.8 Å². The standard InChI is InChI=1S/C15H19N3O2/c1-12(15-16-9-10-18(15)2)17-14(19)8-11-20-13-6-4-3-5-7-13/h3-7,9-10,12H,8,11H2,1-2H3,(H,17,19). The van der Waals surface area contributed by atoms with E-state index < -0.39 is 0 Å². The highest BCUT2D eigenvalue weighted by Gasteiger charge is 2.13. The number of amides is 1. The largest absolute Gasteiger partial charge is 0.493 e. The summed E-state index contributed by atoms with van der Waals surface area (Å²) >= 11 is 0. The van der Waals surface area contributed by atoms with Crippen LogP contribution in [0.2, 0.25) is 0 Å². The molecule has 0 fully saturated rings. The molecule has 5 heteroatoms. The number of imidazole rings is 1. The van der Waals surface area contributed by atoms with Gasteiger partial charge in [-0.2, -0.15) is 0 Å². The van der Waals surface area contributed by atoms with E-state index in [1.54, 1.807) is 6.20 Å². The first-order valence-electron chi connectivity index (χ1n) is 6.61. The molecule has 0 aliphatic rings. The number of nitrogens with zero attached hydrogens (tertiary/aromatic N) is 2. The molecule has 1 amide bonds. The van der Waals surface area contributed by atoms with E-state index in [9.17, 15) is 4.79 Å². The number of aryl methyl sites for hydroxylation is 1. The average molecular weight is 273 g/mol. The number of carbonyl (C=O) groups excluding carboxylic acids is 1. The van der Waals surface area contributed by atoms with Gasteiger partial charge in [0.25, 0.3) is 0 Å². The molecule has 0 aliphatic heterocycles. The number of para-hydroxylation sites is 1. The number of ether oxygens (including phenoxy) is 1. The average Bonchev–Trinajstić information content (AvgIpc) is 2.86. The van der Waals surface area contributed by atoms with Gasteiger partial charge in [0.1, 0.15) is 11.6 Å². The molecule has 0 saturated carbocycles. The Labute approximate surface area is 118 Å². The highest BCUT2D eigenvalue weighted by Crippen LogP contribution is 2.10. The van der Waals surface area contributed by atoms with Gasteiger partial charge in [-0.25, -0.2) is 4.98 Å². The Morgan fingerprint density at radius 1 is 1.40 bits per heavy atom. The SMILES string of the molecule is CC(NC(=O)CCOc1ccccc1)c1nccn1C. The van der Waals surface area contributed by atoms with Gasteiger partial charge >= 0.3 is 0 Å². The second kappa shape index (κ2) is 6.75. The van der Waals surface area contributed by atoms with Gasteiger partial charge in [-0.3, -0.25) is 4.79 Å². The normalized spacial score (nSPS) is 11.9. The monoisotopic (exact) mass is 273 g/mol. The third kappa shape index (κ3) is 3.85. The minimum atomic E-state index is -0.112. The van der Waals surface area contributed by atoms with Gasteiger partial charge in [-0.05, 0) is 19.1 Å². The van der Waals surface area contributed by atoms with E-state index in [1.807, 2.05) is 55.1 Å².